The van der Waals surface area contributed by atoms with E-state index in [9.17, 15) is 5.11 Å². The number of benzene rings is 1. The molecule has 158 valence electrons. The average molecular weight is 426 g/mol. The van der Waals surface area contributed by atoms with Crippen LogP contribution < -0.4 is 9.80 Å². The van der Waals surface area contributed by atoms with Crippen LogP contribution in [0.4, 0.5) is 11.5 Å². The summed E-state index contributed by atoms with van der Waals surface area (Å²) in [7, 11) is 0. The first kappa shape index (κ1) is 19.7. The van der Waals surface area contributed by atoms with Crippen molar-refractivity contribution in [1.82, 2.24) is 15.0 Å². The maximum atomic E-state index is 10.8. The lowest BCUT2D eigenvalue weighted by Crippen LogP contribution is -2.41. The number of aliphatic hydroxyl groups excluding tert-OH is 1. The van der Waals surface area contributed by atoms with Crippen molar-refractivity contribution in [2.24, 2.45) is 5.92 Å². The van der Waals surface area contributed by atoms with Gasteiger partial charge < -0.3 is 19.6 Å². The van der Waals surface area contributed by atoms with Gasteiger partial charge in [0.2, 0.25) is 0 Å². The molecule has 2 atom stereocenters. The Morgan fingerprint density at radius 2 is 2.03 bits per heavy atom. The van der Waals surface area contributed by atoms with E-state index < -0.39 is 0 Å². The van der Waals surface area contributed by atoms with Gasteiger partial charge in [-0.25, -0.2) is 15.0 Å². The highest BCUT2D eigenvalue weighted by atomic mass is 32.1. The van der Waals surface area contributed by atoms with Crippen LogP contribution in [0.15, 0.2) is 36.1 Å². The molecule has 2 saturated heterocycles. The highest BCUT2D eigenvalue weighted by molar-refractivity contribution is 7.09. The first-order chi connectivity index (χ1) is 14.8. The largest absolute Gasteiger partial charge is 0.392 e. The standard InChI is InChI=1S/C22H27N5O2S/c28-20(13-21-23-5-11-30-21)16-2-1-6-27(14-16)22-18-4-3-17(12-19(18)24-15-25-22)26-7-9-29-10-8-26/h3-5,11-12,15-16,20,28H,1-2,6-10,13-14H2. The number of hydrogen-bond donors (Lipinski definition) is 1. The van der Waals surface area contributed by atoms with Crippen LogP contribution in [-0.2, 0) is 11.2 Å². The fourth-order valence-corrected chi connectivity index (χ4v) is 5.18. The number of rotatable bonds is 5. The van der Waals surface area contributed by atoms with E-state index in [1.807, 2.05) is 5.38 Å². The molecule has 4 heterocycles. The van der Waals surface area contributed by atoms with Gasteiger partial charge in [-0.1, -0.05) is 0 Å². The average Bonchev–Trinajstić information content (AvgIpc) is 3.32. The molecular weight excluding hydrogens is 398 g/mol. The van der Waals surface area contributed by atoms with E-state index in [4.69, 9.17) is 4.74 Å². The number of aliphatic hydroxyl groups is 1. The molecule has 0 amide bonds. The van der Waals surface area contributed by atoms with E-state index in [0.29, 0.717) is 6.42 Å². The van der Waals surface area contributed by atoms with E-state index in [2.05, 4.69) is 43.0 Å². The summed E-state index contributed by atoms with van der Waals surface area (Å²) in [6.45, 7) is 5.13. The molecule has 2 unspecified atom stereocenters. The number of fused-ring (bicyclic) bond motifs is 1. The van der Waals surface area contributed by atoms with Crippen LogP contribution in [0, 0.1) is 5.92 Å². The van der Waals surface area contributed by atoms with Crippen molar-refractivity contribution in [2.75, 3.05) is 49.2 Å². The van der Waals surface area contributed by atoms with Gasteiger partial charge in [-0.2, -0.15) is 0 Å². The van der Waals surface area contributed by atoms with Crippen molar-refractivity contribution in [3.8, 4) is 0 Å². The van der Waals surface area contributed by atoms with Crippen LogP contribution >= 0.6 is 11.3 Å². The molecule has 0 bridgehead atoms. The highest BCUT2D eigenvalue weighted by Gasteiger charge is 2.28. The molecule has 30 heavy (non-hydrogen) atoms. The lowest BCUT2D eigenvalue weighted by atomic mass is 9.91. The van der Waals surface area contributed by atoms with Gasteiger partial charge in [-0.3, -0.25) is 0 Å². The summed E-state index contributed by atoms with van der Waals surface area (Å²) in [6, 6.07) is 6.47. The Hall–Kier alpha value is -2.29. The van der Waals surface area contributed by atoms with Crippen molar-refractivity contribution in [1.29, 1.82) is 0 Å². The van der Waals surface area contributed by atoms with Gasteiger partial charge in [0.05, 0.1) is 29.8 Å². The van der Waals surface area contributed by atoms with Crippen molar-refractivity contribution >= 4 is 33.7 Å². The zero-order valence-electron chi connectivity index (χ0n) is 17.0. The Bertz CT molecular complexity index is 977. The summed E-state index contributed by atoms with van der Waals surface area (Å²) in [6.07, 6.45) is 5.81. The van der Waals surface area contributed by atoms with Gasteiger partial charge in [0.1, 0.15) is 12.1 Å². The molecule has 2 fully saturated rings. The Balaban J connectivity index is 1.35. The number of aromatic nitrogens is 3. The molecule has 1 aromatic carbocycles. The zero-order chi connectivity index (χ0) is 20.3. The summed E-state index contributed by atoms with van der Waals surface area (Å²) in [5.74, 6) is 1.19. The predicted octanol–water partition coefficient (Wildman–Crippen LogP) is 2.74. The quantitative estimate of drug-likeness (QED) is 0.674. The minimum atomic E-state index is -0.375. The molecule has 2 aromatic heterocycles. The van der Waals surface area contributed by atoms with E-state index in [1.54, 1.807) is 23.9 Å². The van der Waals surface area contributed by atoms with Crippen LogP contribution in [0.5, 0.6) is 0 Å². The molecule has 0 saturated carbocycles. The summed E-state index contributed by atoms with van der Waals surface area (Å²) in [5.41, 5.74) is 2.15. The van der Waals surface area contributed by atoms with Gasteiger partial charge in [0, 0.05) is 61.2 Å². The Morgan fingerprint density at radius 3 is 2.87 bits per heavy atom. The SMILES string of the molecule is OC(Cc1nccs1)C1CCCN(c2ncnc3cc(N4CCOCC4)ccc23)C1. The lowest BCUT2D eigenvalue weighted by Gasteiger charge is -2.36. The zero-order valence-corrected chi connectivity index (χ0v) is 17.8. The van der Waals surface area contributed by atoms with E-state index in [0.717, 1.165) is 74.0 Å². The van der Waals surface area contributed by atoms with Crippen molar-refractivity contribution in [3.63, 3.8) is 0 Å². The monoisotopic (exact) mass is 425 g/mol. The number of nitrogens with zero attached hydrogens (tertiary/aromatic N) is 5. The third kappa shape index (κ3) is 4.12. The number of morpholine rings is 1. The molecule has 7 nitrogen and oxygen atoms in total. The molecule has 8 heteroatoms. The maximum Gasteiger partial charge on any atom is 0.139 e. The van der Waals surface area contributed by atoms with Crippen molar-refractivity contribution < 1.29 is 9.84 Å². The smallest absolute Gasteiger partial charge is 0.139 e. The summed E-state index contributed by atoms with van der Waals surface area (Å²) < 4.78 is 5.47. The van der Waals surface area contributed by atoms with Crippen LogP contribution in [-0.4, -0.2) is 65.6 Å². The Labute approximate surface area is 180 Å². The molecule has 3 aromatic rings. The summed E-state index contributed by atoms with van der Waals surface area (Å²) in [5, 5.41) is 14.8. The molecule has 5 rings (SSSR count). The number of anilines is 2. The van der Waals surface area contributed by atoms with Crippen LogP contribution in [0.1, 0.15) is 17.8 Å². The summed E-state index contributed by atoms with van der Waals surface area (Å²) in [4.78, 5) is 18.2. The van der Waals surface area contributed by atoms with Gasteiger partial charge in [0.15, 0.2) is 0 Å². The molecule has 0 aliphatic carbocycles. The molecule has 0 radical (unpaired) electrons. The maximum absolute atomic E-state index is 10.8. The second-order valence-electron chi connectivity index (χ2n) is 8.04. The summed E-state index contributed by atoms with van der Waals surface area (Å²) >= 11 is 1.61. The predicted molar refractivity (Wildman–Crippen MR) is 119 cm³/mol. The first-order valence-electron chi connectivity index (χ1n) is 10.7. The minimum Gasteiger partial charge on any atom is -0.392 e. The van der Waals surface area contributed by atoms with Gasteiger partial charge in [-0.05, 0) is 31.0 Å². The number of ether oxygens (including phenoxy) is 1. The van der Waals surface area contributed by atoms with E-state index >= 15 is 0 Å². The molecular formula is C22H27N5O2S. The van der Waals surface area contributed by atoms with Gasteiger partial charge >= 0.3 is 0 Å². The number of thiazole rings is 1. The fourth-order valence-electron chi connectivity index (χ4n) is 4.52. The second kappa shape index (κ2) is 8.83. The van der Waals surface area contributed by atoms with Gasteiger partial charge in [-0.15, -0.1) is 11.3 Å². The highest BCUT2D eigenvalue weighted by Crippen LogP contribution is 2.31. The van der Waals surface area contributed by atoms with Crippen LogP contribution in [0.25, 0.3) is 10.9 Å². The topological polar surface area (TPSA) is 74.6 Å². The normalized spacial score (nSPS) is 21.2. The first-order valence-corrected chi connectivity index (χ1v) is 11.5. The Kier molecular flexibility index (Phi) is 5.79. The third-order valence-corrected chi connectivity index (χ3v) is 6.95. The van der Waals surface area contributed by atoms with Gasteiger partial charge in [0.25, 0.3) is 0 Å². The number of piperidine rings is 1. The second-order valence-corrected chi connectivity index (χ2v) is 9.02. The van der Waals surface area contributed by atoms with Crippen molar-refractivity contribution in [3.05, 3.63) is 41.1 Å². The fraction of sp³-hybridized carbons (Fsp3) is 0.500. The molecule has 1 N–H and O–H groups in total. The van der Waals surface area contributed by atoms with E-state index in [-0.39, 0.29) is 12.0 Å². The third-order valence-electron chi connectivity index (χ3n) is 6.14. The molecule has 0 spiro atoms. The minimum absolute atomic E-state index is 0.222. The van der Waals surface area contributed by atoms with Crippen LogP contribution in [0.2, 0.25) is 0 Å². The van der Waals surface area contributed by atoms with E-state index in [1.165, 1.54) is 5.69 Å². The van der Waals surface area contributed by atoms with Crippen molar-refractivity contribution in [2.45, 2.75) is 25.4 Å². The number of hydrogen-bond acceptors (Lipinski definition) is 8. The molecule has 2 aliphatic rings. The Morgan fingerprint density at radius 1 is 1.13 bits per heavy atom. The lowest BCUT2D eigenvalue weighted by molar-refractivity contribution is 0.0978. The van der Waals surface area contributed by atoms with Crippen LogP contribution in [0.3, 0.4) is 0 Å². The molecule has 2 aliphatic heterocycles.